The number of fused-ring (bicyclic) bond motifs is 1. The van der Waals surface area contributed by atoms with Gasteiger partial charge in [0.05, 0.1) is 16.9 Å². The second kappa shape index (κ2) is 7.95. The third-order valence-electron chi connectivity index (χ3n) is 5.29. The quantitative estimate of drug-likeness (QED) is 0.831. The molecule has 0 saturated carbocycles. The summed E-state index contributed by atoms with van der Waals surface area (Å²) < 4.78 is 0. The fraction of sp³-hybridized carbons (Fsp3) is 0.409. The number of para-hydroxylation sites is 2. The van der Waals surface area contributed by atoms with Crippen LogP contribution in [0.3, 0.4) is 0 Å². The Morgan fingerprint density at radius 2 is 1.74 bits per heavy atom. The Morgan fingerprint density at radius 3 is 2.48 bits per heavy atom. The Labute approximate surface area is 166 Å². The fourth-order valence-corrected chi connectivity index (χ4v) is 5.01. The molecule has 0 aliphatic carbocycles. The highest BCUT2D eigenvalue weighted by Gasteiger charge is 2.40. The summed E-state index contributed by atoms with van der Waals surface area (Å²) in [7, 11) is 4.20. The van der Waals surface area contributed by atoms with Crippen LogP contribution in [0, 0.1) is 0 Å². The standard InChI is InChI=1S/C22H28N4S/c1-26(2)16-18-9-7-17(8-10-18)15-23-21-22(11-13-27-14-12-22)25-20-6-4-3-5-19(20)24-21/h3-10,25H,11-16H2,1-2H3,(H,23,24). The summed E-state index contributed by atoms with van der Waals surface area (Å²) in [6.45, 7) is 1.78. The lowest BCUT2D eigenvalue weighted by atomic mass is 9.88. The third-order valence-corrected chi connectivity index (χ3v) is 6.28. The molecule has 2 aliphatic heterocycles. The number of anilines is 1. The normalized spacial score (nSPS) is 18.0. The molecule has 0 unspecified atom stereocenters. The molecule has 0 radical (unpaired) electrons. The number of hydrogen-bond donors (Lipinski definition) is 2. The summed E-state index contributed by atoms with van der Waals surface area (Å²) in [5.41, 5.74) is 4.77. The van der Waals surface area contributed by atoms with Crippen molar-refractivity contribution < 1.29 is 0 Å². The molecule has 1 spiro atoms. The highest BCUT2D eigenvalue weighted by Crippen LogP contribution is 2.39. The second-order valence-electron chi connectivity index (χ2n) is 7.70. The molecule has 0 atom stereocenters. The molecule has 27 heavy (non-hydrogen) atoms. The van der Waals surface area contributed by atoms with Crippen LogP contribution in [-0.4, -0.2) is 41.9 Å². The summed E-state index contributed by atoms with van der Waals surface area (Å²) in [4.78, 5) is 7.21. The summed E-state index contributed by atoms with van der Waals surface area (Å²) in [6, 6.07) is 17.3. The molecule has 0 aromatic heterocycles. The van der Waals surface area contributed by atoms with E-state index in [0.29, 0.717) is 0 Å². The Balaban J connectivity index is 1.52. The molecular formula is C22H28N4S. The topological polar surface area (TPSA) is 39.7 Å². The Kier molecular flexibility index (Phi) is 5.41. The zero-order valence-electron chi connectivity index (χ0n) is 16.2. The molecule has 5 heteroatoms. The minimum atomic E-state index is -0.0511. The van der Waals surface area contributed by atoms with Crippen molar-refractivity contribution in [3.8, 4) is 0 Å². The molecule has 4 rings (SSSR count). The average Bonchev–Trinajstić information content (AvgIpc) is 2.68. The van der Waals surface area contributed by atoms with Gasteiger partial charge in [0.25, 0.3) is 0 Å². The summed E-state index contributed by atoms with van der Waals surface area (Å²) in [6.07, 6.45) is 2.22. The molecule has 0 amide bonds. The van der Waals surface area contributed by atoms with Crippen molar-refractivity contribution in [3.05, 3.63) is 59.7 Å². The first-order valence-corrected chi connectivity index (χ1v) is 10.8. The van der Waals surface area contributed by atoms with E-state index in [1.54, 1.807) is 0 Å². The Hall–Kier alpha value is -1.98. The maximum atomic E-state index is 5.02. The summed E-state index contributed by atoms with van der Waals surface area (Å²) in [5, 5.41) is 7.48. The van der Waals surface area contributed by atoms with Crippen molar-refractivity contribution in [2.75, 3.05) is 30.9 Å². The minimum absolute atomic E-state index is 0.0511. The van der Waals surface area contributed by atoms with Gasteiger partial charge in [-0.05, 0) is 61.7 Å². The molecule has 1 fully saturated rings. The van der Waals surface area contributed by atoms with Crippen LogP contribution < -0.4 is 10.6 Å². The summed E-state index contributed by atoms with van der Waals surface area (Å²) >= 11 is 2.04. The van der Waals surface area contributed by atoms with Crippen LogP contribution in [0.4, 0.5) is 11.4 Å². The number of rotatable bonds is 4. The number of nitrogens with zero attached hydrogens (tertiary/aromatic N) is 2. The van der Waals surface area contributed by atoms with E-state index in [9.17, 15) is 0 Å². The van der Waals surface area contributed by atoms with E-state index in [-0.39, 0.29) is 5.54 Å². The largest absolute Gasteiger partial charge is 0.371 e. The molecule has 2 N–H and O–H groups in total. The SMILES string of the molecule is CN(C)Cc1ccc(CNC2=Nc3ccccc3NC23CCSCC3)cc1. The van der Waals surface area contributed by atoms with Crippen molar-refractivity contribution in [1.82, 2.24) is 10.2 Å². The summed E-state index contributed by atoms with van der Waals surface area (Å²) in [5.74, 6) is 3.45. The number of aliphatic imine (C=N–C) groups is 1. The smallest absolute Gasteiger partial charge is 0.128 e. The first kappa shape index (κ1) is 18.4. The molecule has 2 aromatic rings. The van der Waals surface area contributed by atoms with E-state index in [2.05, 4.69) is 78.2 Å². The predicted octanol–water partition coefficient (Wildman–Crippen LogP) is 4.26. The zero-order valence-corrected chi connectivity index (χ0v) is 17.0. The van der Waals surface area contributed by atoms with E-state index in [0.717, 1.165) is 43.1 Å². The van der Waals surface area contributed by atoms with Crippen molar-refractivity contribution in [2.24, 2.45) is 4.99 Å². The maximum absolute atomic E-state index is 5.02. The van der Waals surface area contributed by atoms with E-state index >= 15 is 0 Å². The van der Waals surface area contributed by atoms with Crippen LogP contribution in [0.1, 0.15) is 24.0 Å². The molecule has 1 saturated heterocycles. The number of hydrogen-bond acceptors (Lipinski definition) is 5. The van der Waals surface area contributed by atoms with Gasteiger partial charge >= 0.3 is 0 Å². The van der Waals surface area contributed by atoms with Gasteiger partial charge in [0.2, 0.25) is 0 Å². The second-order valence-corrected chi connectivity index (χ2v) is 8.93. The van der Waals surface area contributed by atoms with Crippen LogP contribution in [0.25, 0.3) is 0 Å². The van der Waals surface area contributed by atoms with Gasteiger partial charge < -0.3 is 15.5 Å². The average molecular weight is 381 g/mol. The lowest BCUT2D eigenvalue weighted by molar-refractivity contribution is 0.402. The van der Waals surface area contributed by atoms with E-state index in [4.69, 9.17) is 4.99 Å². The van der Waals surface area contributed by atoms with E-state index in [1.165, 1.54) is 22.6 Å². The third kappa shape index (κ3) is 4.14. The van der Waals surface area contributed by atoms with Gasteiger partial charge in [-0.15, -0.1) is 0 Å². The van der Waals surface area contributed by atoms with Gasteiger partial charge in [0.1, 0.15) is 5.84 Å². The monoisotopic (exact) mass is 380 g/mol. The highest BCUT2D eigenvalue weighted by molar-refractivity contribution is 7.99. The van der Waals surface area contributed by atoms with Crippen molar-refractivity contribution >= 4 is 29.0 Å². The predicted molar refractivity (Wildman–Crippen MR) is 117 cm³/mol. The van der Waals surface area contributed by atoms with Gasteiger partial charge in [-0.25, -0.2) is 4.99 Å². The molecule has 2 aromatic carbocycles. The Bertz CT molecular complexity index is 807. The molecule has 0 bridgehead atoms. The number of thioether (sulfide) groups is 1. The van der Waals surface area contributed by atoms with Crippen LogP contribution >= 0.6 is 11.8 Å². The molecule has 2 heterocycles. The number of nitrogens with one attached hydrogen (secondary N) is 2. The van der Waals surface area contributed by atoms with Gasteiger partial charge in [-0.3, -0.25) is 0 Å². The van der Waals surface area contributed by atoms with Crippen LogP contribution in [0.5, 0.6) is 0 Å². The number of amidine groups is 1. The first-order chi connectivity index (χ1) is 13.1. The van der Waals surface area contributed by atoms with Crippen LogP contribution in [0.15, 0.2) is 53.5 Å². The maximum Gasteiger partial charge on any atom is 0.128 e. The van der Waals surface area contributed by atoms with Crippen molar-refractivity contribution in [2.45, 2.75) is 31.5 Å². The van der Waals surface area contributed by atoms with Crippen LogP contribution in [0.2, 0.25) is 0 Å². The molecule has 2 aliphatic rings. The first-order valence-electron chi connectivity index (χ1n) is 9.65. The molecular weight excluding hydrogens is 352 g/mol. The molecule has 142 valence electrons. The van der Waals surface area contributed by atoms with Gasteiger partial charge in [0, 0.05) is 13.1 Å². The highest BCUT2D eigenvalue weighted by atomic mass is 32.2. The lowest BCUT2D eigenvalue weighted by Crippen LogP contribution is -2.55. The van der Waals surface area contributed by atoms with Gasteiger partial charge in [-0.1, -0.05) is 36.4 Å². The minimum Gasteiger partial charge on any atom is -0.371 e. The van der Waals surface area contributed by atoms with E-state index in [1.807, 2.05) is 11.8 Å². The van der Waals surface area contributed by atoms with E-state index < -0.39 is 0 Å². The Morgan fingerprint density at radius 1 is 1.04 bits per heavy atom. The van der Waals surface area contributed by atoms with Crippen molar-refractivity contribution in [1.29, 1.82) is 0 Å². The van der Waals surface area contributed by atoms with Crippen molar-refractivity contribution in [3.63, 3.8) is 0 Å². The lowest BCUT2D eigenvalue weighted by Gasteiger charge is -2.42. The zero-order chi connectivity index (χ0) is 18.7. The van der Waals surface area contributed by atoms with Gasteiger partial charge in [0.15, 0.2) is 0 Å². The number of benzene rings is 2. The fourth-order valence-electron chi connectivity index (χ4n) is 3.83. The molecule has 4 nitrogen and oxygen atoms in total. The van der Waals surface area contributed by atoms with Gasteiger partial charge in [-0.2, -0.15) is 11.8 Å². The van der Waals surface area contributed by atoms with Crippen LogP contribution in [-0.2, 0) is 13.1 Å².